The number of nitrogens with one attached hydrogen (secondary N) is 1. The zero-order valence-corrected chi connectivity index (χ0v) is 17.1. The van der Waals surface area contributed by atoms with Crippen molar-refractivity contribution in [2.24, 2.45) is 11.8 Å². The van der Waals surface area contributed by atoms with E-state index < -0.39 is 35.6 Å². The number of ether oxygens (including phenoxy) is 2. The number of aliphatic hydroxyl groups is 1. The molecule has 3 fully saturated rings. The van der Waals surface area contributed by atoms with Gasteiger partial charge in [0.05, 0.1) is 24.5 Å². The van der Waals surface area contributed by atoms with Gasteiger partial charge in [0.25, 0.3) is 0 Å². The molecule has 0 radical (unpaired) electrons. The van der Waals surface area contributed by atoms with Crippen LogP contribution in [0.5, 0.6) is 0 Å². The first-order valence-corrected chi connectivity index (χ1v) is 10.6. The highest BCUT2D eigenvalue weighted by atomic mass is 16.6. The highest BCUT2D eigenvalue weighted by molar-refractivity contribution is 5.98. The van der Waals surface area contributed by atoms with Gasteiger partial charge in [-0.2, -0.15) is 0 Å². The summed E-state index contributed by atoms with van der Waals surface area (Å²) in [5, 5.41) is 12.2. The van der Waals surface area contributed by atoms with Crippen LogP contribution in [0.2, 0.25) is 0 Å². The van der Waals surface area contributed by atoms with Crippen molar-refractivity contribution in [2.75, 3.05) is 19.8 Å². The Kier molecular flexibility index (Phi) is 5.79. The standard InChI is InChI=1S/C22H28N2O6/c1-2-29-21(28)16-15-9-10-22(30-15)17(16)20(27)24(11-6-12-25)18(22)19(26)23-13-14-7-4-3-5-8-14/h3-5,7-8,15-18,25H,2,6,9-13H2,1H3,(H,23,26)/t15-,16+,17-,18?,22?/m0/s1. The molecule has 162 valence electrons. The quantitative estimate of drug-likeness (QED) is 0.602. The Labute approximate surface area is 175 Å². The van der Waals surface area contributed by atoms with E-state index in [2.05, 4.69) is 5.32 Å². The Morgan fingerprint density at radius 1 is 1.33 bits per heavy atom. The van der Waals surface area contributed by atoms with Crippen molar-refractivity contribution < 1.29 is 29.0 Å². The van der Waals surface area contributed by atoms with Gasteiger partial charge in [-0.3, -0.25) is 14.4 Å². The maximum absolute atomic E-state index is 13.4. The number of likely N-dealkylation sites (tertiary alicyclic amines) is 1. The Morgan fingerprint density at radius 2 is 2.10 bits per heavy atom. The molecule has 2 N–H and O–H groups in total. The van der Waals surface area contributed by atoms with E-state index in [0.717, 1.165) is 5.56 Å². The van der Waals surface area contributed by atoms with Gasteiger partial charge in [-0.25, -0.2) is 0 Å². The van der Waals surface area contributed by atoms with Crippen LogP contribution in [-0.2, 0) is 30.4 Å². The van der Waals surface area contributed by atoms with Gasteiger partial charge in [0, 0.05) is 19.7 Å². The summed E-state index contributed by atoms with van der Waals surface area (Å²) in [5.74, 6) is -2.40. The molecule has 30 heavy (non-hydrogen) atoms. The summed E-state index contributed by atoms with van der Waals surface area (Å²) >= 11 is 0. The molecule has 1 spiro atoms. The van der Waals surface area contributed by atoms with Gasteiger partial charge in [0.15, 0.2) is 0 Å². The molecular formula is C22H28N2O6. The van der Waals surface area contributed by atoms with Gasteiger partial charge in [-0.15, -0.1) is 0 Å². The number of esters is 1. The Balaban J connectivity index is 1.61. The number of nitrogens with zero attached hydrogens (tertiary/aromatic N) is 1. The van der Waals surface area contributed by atoms with Crippen LogP contribution in [0, 0.1) is 11.8 Å². The predicted octanol–water partition coefficient (Wildman–Crippen LogP) is 0.623. The molecule has 3 heterocycles. The van der Waals surface area contributed by atoms with Crippen LogP contribution in [0.4, 0.5) is 0 Å². The van der Waals surface area contributed by atoms with Crippen LogP contribution in [0.15, 0.2) is 30.3 Å². The molecule has 3 aliphatic rings. The second-order valence-corrected chi connectivity index (χ2v) is 8.12. The number of hydrogen-bond donors (Lipinski definition) is 2. The number of rotatable bonds is 8. The predicted molar refractivity (Wildman–Crippen MR) is 106 cm³/mol. The molecule has 2 bridgehead atoms. The molecule has 3 aliphatic heterocycles. The third kappa shape index (κ3) is 3.28. The Hall–Kier alpha value is -2.45. The first kappa shape index (κ1) is 20.8. The van der Waals surface area contributed by atoms with E-state index in [1.165, 1.54) is 4.90 Å². The van der Waals surface area contributed by atoms with E-state index in [-0.39, 0.29) is 31.6 Å². The average molecular weight is 416 g/mol. The summed E-state index contributed by atoms with van der Waals surface area (Å²) < 4.78 is 11.5. The van der Waals surface area contributed by atoms with Gasteiger partial charge in [-0.05, 0) is 31.7 Å². The number of amides is 2. The third-order valence-electron chi connectivity index (χ3n) is 6.47. The average Bonchev–Trinajstić information content (AvgIpc) is 3.39. The van der Waals surface area contributed by atoms with Crippen LogP contribution in [-0.4, -0.2) is 65.3 Å². The largest absolute Gasteiger partial charge is 0.466 e. The number of hydrogen-bond acceptors (Lipinski definition) is 6. The van der Waals surface area contributed by atoms with E-state index in [4.69, 9.17) is 9.47 Å². The number of aliphatic hydroxyl groups excluding tert-OH is 1. The normalized spacial score (nSPS) is 31.7. The lowest BCUT2D eigenvalue weighted by atomic mass is 9.71. The molecule has 0 saturated carbocycles. The van der Waals surface area contributed by atoms with Gasteiger partial charge < -0.3 is 24.8 Å². The van der Waals surface area contributed by atoms with E-state index in [0.29, 0.717) is 25.8 Å². The summed E-state index contributed by atoms with van der Waals surface area (Å²) in [6, 6.07) is 8.71. The van der Waals surface area contributed by atoms with E-state index in [1.807, 2.05) is 30.3 Å². The molecule has 2 unspecified atom stereocenters. The topological polar surface area (TPSA) is 105 Å². The zero-order chi connectivity index (χ0) is 21.3. The van der Waals surface area contributed by atoms with Crippen LogP contribution >= 0.6 is 0 Å². The molecule has 4 rings (SSSR count). The van der Waals surface area contributed by atoms with Crippen molar-refractivity contribution >= 4 is 17.8 Å². The lowest BCUT2D eigenvalue weighted by molar-refractivity contribution is -0.154. The summed E-state index contributed by atoms with van der Waals surface area (Å²) in [6.07, 6.45) is 1.11. The van der Waals surface area contributed by atoms with Gasteiger partial charge in [-0.1, -0.05) is 30.3 Å². The smallest absolute Gasteiger partial charge is 0.312 e. The van der Waals surface area contributed by atoms with Crippen LogP contribution in [0.3, 0.4) is 0 Å². The molecule has 8 heteroatoms. The van der Waals surface area contributed by atoms with Crippen LogP contribution in [0.1, 0.15) is 31.7 Å². The molecular weight excluding hydrogens is 388 g/mol. The fourth-order valence-corrected chi connectivity index (χ4v) is 5.32. The molecule has 8 nitrogen and oxygen atoms in total. The fourth-order valence-electron chi connectivity index (χ4n) is 5.32. The van der Waals surface area contributed by atoms with Gasteiger partial charge in [0.1, 0.15) is 11.6 Å². The molecule has 3 saturated heterocycles. The van der Waals surface area contributed by atoms with Gasteiger partial charge >= 0.3 is 5.97 Å². The minimum atomic E-state index is -1.02. The Bertz CT molecular complexity index is 815. The van der Waals surface area contributed by atoms with Crippen LogP contribution < -0.4 is 5.32 Å². The minimum absolute atomic E-state index is 0.0927. The van der Waals surface area contributed by atoms with Crippen molar-refractivity contribution in [3.8, 4) is 0 Å². The minimum Gasteiger partial charge on any atom is -0.466 e. The zero-order valence-electron chi connectivity index (χ0n) is 17.1. The molecule has 1 aromatic carbocycles. The summed E-state index contributed by atoms with van der Waals surface area (Å²) in [7, 11) is 0. The van der Waals surface area contributed by atoms with Crippen molar-refractivity contribution in [3.63, 3.8) is 0 Å². The van der Waals surface area contributed by atoms with Crippen molar-refractivity contribution in [1.82, 2.24) is 10.2 Å². The highest BCUT2D eigenvalue weighted by Crippen LogP contribution is 2.58. The molecule has 0 aliphatic carbocycles. The summed E-state index contributed by atoms with van der Waals surface area (Å²) in [6.45, 7) is 2.44. The summed E-state index contributed by atoms with van der Waals surface area (Å²) in [4.78, 5) is 40.8. The Morgan fingerprint density at radius 3 is 2.80 bits per heavy atom. The number of carbonyl (C=O) groups excluding carboxylic acids is 3. The second kappa shape index (κ2) is 8.35. The SMILES string of the molecule is CCOC(=O)[C@@H]1[C@@H]2CCC3(O2)C(C(=O)NCc2ccccc2)N(CCCO)C(=O)[C@H]13. The van der Waals surface area contributed by atoms with E-state index in [1.54, 1.807) is 6.92 Å². The monoisotopic (exact) mass is 416 g/mol. The molecule has 2 amide bonds. The van der Waals surface area contributed by atoms with Gasteiger partial charge in [0.2, 0.25) is 11.8 Å². The van der Waals surface area contributed by atoms with Crippen molar-refractivity contribution in [3.05, 3.63) is 35.9 Å². The van der Waals surface area contributed by atoms with Crippen LogP contribution in [0.25, 0.3) is 0 Å². The number of fused-ring (bicyclic) bond motifs is 1. The van der Waals surface area contributed by atoms with E-state index >= 15 is 0 Å². The number of carbonyl (C=O) groups is 3. The lowest BCUT2D eigenvalue weighted by Crippen LogP contribution is -2.55. The molecule has 1 aromatic rings. The highest BCUT2D eigenvalue weighted by Gasteiger charge is 2.74. The summed E-state index contributed by atoms with van der Waals surface area (Å²) in [5.41, 5.74) is -0.0674. The molecule has 5 atom stereocenters. The maximum atomic E-state index is 13.4. The fraction of sp³-hybridized carbons (Fsp3) is 0.591. The van der Waals surface area contributed by atoms with Crippen molar-refractivity contribution in [2.45, 2.75) is 50.5 Å². The lowest BCUT2D eigenvalue weighted by Gasteiger charge is -2.33. The third-order valence-corrected chi connectivity index (χ3v) is 6.47. The maximum Gasteiger partial charge on any atom is 0.312 e. The first-order chi connectivity index (χ1) is 14.5. The second-order valence-electron chi connectivity index (χ2n) is 8.12. The van der Waals surface area contributed by atoms with E-state index in [9.17, 15) is 19.5 Å². The number of benzene rings is 1. The van der Waals surface area contributed by atoms with Crippen molar-refractivity contribution in [1.29, 1.82) is 0 Å². The first-order valence-electron chi connectivity index (χ1n) is 10.6. The molecule has 0 aromatic heterocycles.